The lowest BCUT2D eigenvalue weighted by molar-refractivity contribution is -0.139. The molecule has 1 aliphatic rings. The summed E-state index contributed by atoms with van der Waals surface area (Å²) in [5.41, 5.74) is 2.92. The Morgan fingerprint density at radius 2 is 1.55 bits per heavy atom. The van der Waals surface area contributed by atoms with Crippen LogP contribution in [0, 0.1) is 5.82 Å². The summed E-state index contributed by atoms with van der Waals surface area (Å²) >= 11 is 4.99. The van der Waals surface area contributed by atoms with Crippen LogP contribution in [-0.2, 0) is 28.3 Å². The molecule has 2 amide bonds. The van der Waals surface area contributed by atoms with Crippen LogP contribution in [0.2, 0.25) is 0 Å². The molecule has 1 unspecified atom stereocenters. The van der Waals surface area contributed by atoms with Crippen LogP contribution in [0.5, 0.6) is 0 Å². The second-order valence-corrected chi connectivity index (χ2v) is 11.7. The molecule has 0 radical (unpaired) electrons. The highest BCUT2D eigenvalue weighted by atomic mass is 79.9. The molecule has 3 aromatic carbocycles. The van der Waals surface area contributed by atoms with Gasteiger partial charge in [0, 0.05) is 29.2 Å². The normalized spacial score (nSPS) is 14.6. The van der Waals surface area contributed by atoms with Gasteiger partial charge in [-0.1, -0.05) is 89.8 Å². The first-order chi connectivity index (χ1) is 18.5. The van der Waals surface area contributed by atoms with Gasteiger partial charge in [0.1, 0.15) is 11.9 Å². The molecule has 0 aliphatic heterocycles. The average Bonchev–Trinajstić information content (AvgIpc) is 2.94. The van der Waals surface area contributed by atoms with Gasteiger partial charge in [-0.25, -0.2) is 4.39 Å². The first kappa shape index (κ1) is 28.4. The zero-order valence-corrected chi connectivity index (χ0v) is 23.9. The summed E-state index contributed by atoms with van der Waals surface area (Å²) < 4.78 is 14.6. The van der Waals surface area contributed by atoms with E-state index in [9.17, 15) is 14.0 Å². The van der Waals surface area contributed by atoms with Gasteiger partial charge in [0.15, 0.2) is 0 Å². The van der Waals surface area contributed by atoms with Gasteiger partial charge in [-0.15, -0.1) is 11.8 Å². The van der Waals surface area contributed by atoms with E-state index in [4.69, 9.17) is 0 Å². The fourth-order valence-corrected chi connectivity index (χ4v) is 5.94. The van der Waals surface area contributed by atoms with Gasteiger partial charge >= 0.3 is 0 Å². The predicted molar refractivity (Wildman–Crippen MR) is 156 cm³/mol. The van der Waals surface area contributed by atoms with Crippen molar-refractivity contribution in [1.82, 2.24) is 10.2 Å². The van der Waals surface area contributed by atoms with Gasteiger partial charge in [-0.05, 0) is 53.8 Å². The van der Waals surface area contributed by atoms with Crippen molar-refractivity contribution in [2.75, 3.05) is 5.75 Å². The molecule has 1 aliphatic carbocycles. The Kier molecular flexibility index (Phi) is 10.8. The number of thioether (sulfide) groups is 1. The molecular weight excluding hydrogens is 563 g/mol. The van der Waals surface area contributed by atoms with Crippen molar-refractivity contribution in [3.63, 3.8) is 0 Å². The Labute approximate surface area is 237 Å². The fraction of sp³-hybridized carbons (Fsp3) is 0.355. The molecule has 0 spiro atoms. The first-order valence-electron chi connectivity index (χ1n) is 13.2. The minimum atomic E-state index is -0.662. The molecule has 1 fully saturated rings. The third-order valence-electron chi connectivity index (χ3n) is 6.90. The summed E-state index contributed by atoms with van der Waals surface area (Å²) in [5.74, 6) is 0.401. The molecule has 0 aromatic heterocycles. The highest BCUT2D eigenvalue weighted by Crippen LogP contribution is 2.22. The molecular formula is C31H34BrFN2O2S. The van der Waals surface area contributed by atoms with Crippen LogP contribution in [0.1, 0.15) is 48.8 Å². The number of carbonyl (C=O) groups excluding carboxylic acids is 2. The number of nitrogens with one attached hydrogen (secondary N) is 1. The van der Waals surface area contributed by atoms with Gasteiger partial charge in [0.25, 0.3) is 0 Å². The summed E-state index contributed by atoms with van der Waals surface area (Å²) in [7, 11) is 0. The highest BCUT2D eigenvalue weighted by molar-refractivity contribution is 9.10. The average molecular weight is 598 g/mol. The van der Waals surface area contributed by atoms with Crippen molar-refractivity contribution in [1.29, 1.82) is 0 Å². The van der Waals surface area contributed by atoms with Gasteiger partial charge in [-0.2, -0.15) is 0 Å². The van der Waals surface area contributed by atoms with E-state index in [2.05, 4.69) is 21.2 Å². The SMILES string of the molecule is O=C(NC1CCCCC1)C(Cc1ccccc1)N(Cc1ccc(F)cc1)C(=O)CSCc1ccc(Br)cc1. The van der Waals surface area contributed by atoms with Crippen LogP contribution in [0.25, 0.3) is 0 Å². The maximum atomic E-state index is 13.8. The van der Waals surface area contributed by atoms with Crippen LogP contribution < -0.4 is 5.32 Å². The van der Waals surface area contributed by atoms with E-state index >= 15 is 0 Å². The molecule has 4 nitrogen and oxygen atoms in total. The minimum absolute atomic E-state index is 0.101. The summed E-state index contributed by atoms with van der Waals surface area (Å²) in [4.78, 5) is 29.2. The van der Waals surface area contributed by atoms with Crippen LogP contribution in [-0.4, -0.2) is 34.6 Å². The van der Waals surface area contributed by atoms with Crippen LogP contribution in [0.4, 0.5) is 4.39 Å². The molecule has 0 heterocycles. The Hall–Kier alpha value is -2.64. The van der Waals surface area contributed by atoms with Gasteiger partial charge in [-0.3, -0.25) is 9.59 Å². The summed E-state index contributed by atoms with van der Waals surface area (Å²) in [6.07, 6.45) is 5.78. The van der Waals surface area contributed by atoms with Gasteiger partial charge in [0.05, 0.1) is 5.75 Å². The number of amides is 2. The zero-order chi connectivity index (χ0) is 26.7. The third-order valence-corrected chi connectivity index (χ3v) is 8.41. The molecule has 200 valence electrons. The van der Waals surface area contributed by atoms with Crippen LogP contribution in [0.3, 0.4) is 0 Å². The Balaban J connectivity index is 1.55. The second-order valence-electron chi connectivity index (χ2n) is 9.82. The van der Waals surface area contributed by atoms with E-state index in [1.165, 1.54) is 30.3 Å². The topological polar surface area (TPSA) is 49.4 Å². The molecule has 38 heavy (non-hydrogen) atoms. The van der Waals surface area contributed by atoms with Gasteiger partial charge in [0.2, 0.25) is 11.8 Å². The standard InChI is InChI=1S/C31H34BrFN2O2S/c32-26-15-11-25(12-16-26)21-38-22-30(36)35(20-24-13-17-27(33)18-14-24)29(19-23-7-3-1-4-8-23)31(37)34-28-9-5-2-6-10-28/h1,3-4,7-8,11-18,28-29H,2,5-6,9-10,19-22H2,(H,34,37). The molecule has 0 bridgehead atoms. The number of carbonyl (C=O) groups is 2. The molecule has 1 atom stereocenters. The fourth-order valence-electron chi connectivity index (χ4n) is 4.80. The van der Waals surface area contributed by atoms with E-state index in [-0.39, 0.29) is 36.0 Å². The molecule has 0 saturated heterocycles. The molecule has 1 N–H and O–H groups in total. The Morgan fingerprint density at radius 3 is 2.24 bits per heavy atom. The second kappa shape index (κ2) is 14.5. The molecule has 7 heteroatoms. The number of nitrogens with zero attached hydrogens (tertiary/aromatic N) is 1. The predicted octanol–water partition coefficient (Wildman–Crippen LogP) is 6.91. The summed E-state index contributed by atoms with van der Waals surface area (Å²) in [5, 5.41) is 3.25. The lowest BCUT2D eigenvalue weighted by Gasteiger charge is -2.33. The summed E-state index contributed by atoms with van der Waals surface area (Å²) in [6, 6.07) is 23.5. The maximum Gasteiger partial charge on any atom is 0.243 e. The first-order valence-corrected chi connectivity index (χ1v) is 15.1. The van der Waals surface area contributed by atoms with Crippen molar-refractivity contribution < 1.29 is 14.0 Å². The lowest BCUT2D eigenvalue weighted by Crippen LogP contribution is -2.53. The van der Waals surface area contributed by atoms with Crippen LogP contribution >= 0.6 is 27.7 Å². The van der Waals surface area contributed by atoms with Crippen molar-refractivity contribution in [3.05, 3.63) is 106 Å². The maximum absolute atomic E-state index is 13.8. The highest BCUT2D eigenvalue weighted by Gasteiger charge is 2.31. The largest absolute Gasteiger partial charge is 0.352 e. The summed E-state index contributed by atoms with van der Waals surface area (Å²) in [6.45, 7) is 0.244. The van der Waals surface area contributed by atoms with E-state index in [0.717, 1.165) is 46.8 Å². The van der Waals surface area contributed by atoms with E-state index in [0.29, 0.717) is 12.2 Å². The molecule has 1 saturated carbocycles. The smallest absolute Gasteiger partial charge is 0.243 e. The van der Waals surface area contributed by atoms with E-state index < -0.39 is 6.04 Å². The molecule has 3 aromatic rings. The van der Waals surface area contributed by atoms with E-state index in [1.54, 1.807) is 17.0 Å². The van der Waals surface area contributed by atoms with Crippen LogP contribution in [0.15, 0.2) is 83.3 Å². The van der Waals surface area contributed by atoms with Crippen molar-refractivity contribution in [3.8, 4) is 0 Å². The Bertz CT molecular complexity index is 1170. The number of halogens is 2. The molecule has 4 rings (SSSR count). The monoisotopic (exact) mass is 596 g/mol. The van der Waals surface area contributed by atoms with E-state index in [1.807, 2.05) is 54.6 Å². The number of rotatable bonds is 11. The quantitative estimate of drug-likeness (QED) is 0.261. The number of hydrogen-bond acceptors (Lipinski definition) is 3. The van der Waals surface area contributed by atoms with Gasteiger partial charge < -0.3 is 10.2 Å². The Morgan fingerprint density at radius 1 is 0.895 bits per heavy atom. The van der Waals surface area contributed by atoms with Crippen molar-refractivity contribution in [2.24, 2.45) is 0 Å². The van der Waals surface area contributed by atoms with Crippen molar-refractivity contribution in [2.45, 2.75) is 62.9 Å². The third kappa shape index (κ3) is 8.70. The van der Waals surface area contributed by atoms with Crippen molar-refractivity contribution >= 4 is 39.5 Å². The minimum Gasteiger partial charge on any atom is -0.352 e. The zero-order valence-electron chi connectivity index (χ0n) is 21.5. The number of hydrogen-bond donors (Lipinski definition) is 1. The lowest BCUT2D eigenvalue weighted by atomic mass is 9.94. The number of benzene rings is 3.